The number of aryl methyl sites for hydroxylation is 1. The summed E-state index contributed by atoms with van der Waals surface area (Å²) in [4.78, 5) is 0. The summed E-state index contributed by atoms with van der Waals surface area (Å²) in [6.07, 6.45) is 0. The minimum Gasteiger partial charge on any atom is -0.248 e. The van der Waals surface area contributed by atoms with Crippen molar-refractivity contribution in [2.24, 2.45) is 7.05 Å². The lowest BCUT2D eigenvalue weighted by atomic mass is 10.3. The van der Waals surface area contributed by atoms with Crippen molar-refractivity contribution in [1.29, 1.82) is 0 Å². The van der Waals surface area contributed by atoms with Gasteiger partial charge in [-0.1, -0.05) is 11.3 Å². The Morgan fingerprint density at radius 1 is 1.45 bits per heavy atom. The molecule has 0 amide bonds. The fraction of sp³-hybridized carbons (Fsp3) is 0.143. The zero-order valence-corrected chi connectivity index (χ0v) is 7.54. The first-order valence-corrected chi connectivity index (χ1v) is 4.02. The lowest BCUT2D eigenvalue weighted by Crippen LogP contribution is -1.88. The third-order valence-corrected chi connectivity index (χ3v) is 2.23. The molecule has 56 valence electrons. The first-order valence-electron chi connectivity index (χ1n) is 3.23. The van der Waals surface area contributed by atoms with E-state index in [2.05, 4.69) is 26.2 Å². The highest BCUT2D eigenvalue weighted by Crippen LogP contribution is 2.19. The number of rotatable bonds is 0. The van der Waals surface area contributed by atoms with Gasteiger partial charge in [-0.2, -0.15) is 0 Å². The highest BCUT2D eigenvalue weighted by molar-refractivity contribution is 9.10. The Hall–Kier alpha value is -0.900. The maximum absolute atomic E-state index is 3.98. The third-order valence-electron chi connectivity index (χ3n) is 1.59. The van der Waals surface area contributed by atoms with Gasteiger partial charge in [0, 0.05) is 11.5 Å². The van der Waals surface area contributed by atoms with E-state index in [0.29, 0.717) is 0 Å². The summed E-state index contributed by atoms with van der Waals surface area (Å²) in [6, 6.07) is 5.91. The standard InChI is InChI=1S/C7H6BrN3/c1-11-6-4-2-3-5(8)7(6)9-10-11/h2-4H,1H3. The van der Waals surface area contributed by atoms with Gasteiger partial charge in [-0.3, -0.25) is 0 Å². The topological polar surface area (TPSA) is 30.7 Å². The van der Waals surface area contributed by atoms with E-state index in [4.69, 9.17) is 0 Å². The molecule has 4 heteroatoms. The van der Waals surface area contributed by atoms with Gasteiger partial charge >= 0.3 is 0 Å². The van der Waals surface area contributed by atoms with E-state index in [1.807, 2.05) is 25.2 Å². The summed E-state index contributed by atoms with van der Waals surface area (Å²) in [5.74, 6) is 0. The Labute approximate surface area is 72.1 Å². The molecule has 0 radical (unpaired) electrons. The van der Waals surface area contributed by atoms with Crippen LogP contribution in [-0.2, 0) is 7.05 Å². The van der Waals surface area contributed by atoms with Gasteiger partial charge in [-0.05, 0) is 28.1 Å². The maximum atomic E-state index is 3.98. The summed E-state index contributed by atoms with van der Waals surface area (Å²) in [5.41, 5.74) is 1.95. The van der Waals surface area contributed by atoms with Crippen LogP contribution in [0.3, 0.4) is 0 Å². The molecule has 1 heterocycles. The Bertz CT molecular complexity index is 393. The normalized spacial score (nSPS) is 10.7. The fourth-order valence-electron chi connectivity index (χ4n) is 1.02. The lowest BCUT2D eigenvalue weighted by molar-refractivity contribution is 0.736. The predicted molar refractivity (Wildman–Crippen MR) is 46.2 cm³/mol. The molecule has 0 aliphatic heterocycles. The number of aromatic nitrogens is 3. The summed E-state index contributed by atoms with van der Waals surface area (Å²) >= 11 is 3.39. The first-order chi connectivity index (χ1) is 5.29. The van der Waals surface area contributed by atoms with Crippen molar-refractivity contribution in [3.05, 3.63) is 22.7 Å². The number of hydrogen-bond acceptors (Lipinski definition) is 2. The molecule has 2 aromatic rings. The number of halogens is 1. The van der Waals surface area contributed by atoms with Crippen LogP contribution >= 0.6 is 15.9 Å². The van der Waals surface area contributed by atoms with E-state index >= 15 is 0 Å². The van der Waals surface area contributed by atoms with Gasteiger partial charge in [0.25, 0.3) is 0 Å². The molecule has 0 fully saturated rings. The van der Waals surface area contributed by atoms with Crippen LogP contribution in [0.15, 0.2) is 22.7 Å². The number of fused-ring (bicyclic) bond motifs is 1. The van der Waals surface area contributed by atoms with Crippen molar-refractivity contribution in [3.8, 4) is 0 Å². The van der Waals surface area contributed by atoms with Gasteiger partial charge in [0.05, 0.1) is 5.52 Å². The second-order valence-corrected chi connectivity index (χ2v) is 3.17. The highest BCUT2D eigenvalue weighted by atomic mass is 79.9. The lowest BCUT2D eigenvalue weighted by Gasteiger charge is -1.91. The highest BCUT2D eigenvalue weighted by Gasteiger charge is 2.02. The van der Waals surface area contributed by atoms with Crippen molar-refractivity contribution in [2.45, 2.75) is 0 Å². The van der Waals surface area contributed by atoms with E-state index in [-0.39, 0.29) is 0 Å². The second kappa shape index (κ2) is 2.30. The van der Waals surface area contributed by atoms with Gasteiger partial charge in [-0.25, -0.2) is 4.68 Å². The van der Waals surface area contributed by atoms with E-state index in [9.17, 15) is 0 Å². The molecular weight excluding hydrogens is 206 g/mol. The molecule has 0 bridgehead atoms. The van der Waals surface area contributed by atoms with Crippen molar-refractivity contribution < 1.29 is 0 Å². The van der Waals surface area contributed by atoms with E-state index < -0.39 is 0 Å². The molecule has 11 heavy (non-hydrogen) atoms. The quantitative estimate of drug-likeness (QED) is 0.665. The largest absolute Gasteiger partial charge is 0.248 e. The Morgan fingerprint density at radius 2 is 2.27 bits per heavy atom. The van der Waals surface area contributed by atoms with Crippen LogP contribution in [0.1, 0.15) is 0 Å². The van der Waals surface area contributed by atoms with Gasteiger partial charge in [0.2, 0.25) is 0 Å². The zero-order chi connectivity index (χ0) is 7.84. The smallest absolute Gasteiger partial charge is 0.127 e. The Kier molecular flexibility index (Phi) is 1.42. The first kappa shape index (κ1) is 6.79. The average Bonchev–Trinajstić information content (AvgIpc) is 2.35. The summed E-state index contributed by atoms with van der Waals surface area (Å²) < 4.78 is 2.74. The molecule has 0 N–H and O–H groups in total. The molecule has 0 spiro atoms. The summed E-state index contributed by atoms with van der Waals surface area (Å²) in [6.45, 7) is 0. The van der Waals surface area contributed by atoms with Crippen molar-refractivity contribution in [2.75, 3.05) is 0 Å². The van der Waals surface area contributed by atoms with E-state index in [1.165, 1.54) is 0 Å². The summed E-state index contributed by atoms with van der Waals surface area (Å²) in [5, 5.41) is 7.88. The average molecular weight is 212 g/mol. The van der Waals surface area contributed by atoms with Gasteiger partial charge in [-0.15, -0.1) is 5.10 Å². The van der Waals surface area contributed by atoms with Crippen LogP contribution in [0.4, 0.5) is 0 Å². The van der Waals surface area contributed by atoms with Crippen LogP contribution in [0.25, 0.3) is 11.0 Å². The molecule has 0 saturated carbocycles. The number of nitrogens with zero attached hydrogens (tertiary/aromatic N) is 3. The molecule has 0 aliphatic rings. The van der Waals surface area contributed by atoms with Crippen LogP contribution in [-0.4, -0.2) is 15.0 Å². The number of hydrogen-bond donors (Lipinski definition) is 0. The fourth-order valence-corrected chi connectivity index (χ4v) is 1.46. The second-order valence-electron chi connectivity index (χ2n) is 2.32. The molecule has 1 aromatic heterocycles. The SMILES string of the molecule is Cn1nnc2c(Br)cccc21. The molecule has 0 saturated heterocycles. The Balaban J connectivity index is 2.94. The minimum absolute atomic E-state index is 0.912. The van der Waals surface area contributed by atoms with E-state index in [0.717, 1.165) is 15.5 Å². The van der Waals surface area contributed by atoms with Gasteiger partial charge in [0.1, 0.15) is 5.52 Å². The van der Waals surface area contributed by atoms with E-state index in [1.54, 1.807) is 4.68 Å². The zero-order valence-electron chi connectivity index (χ0n) is 5.95. The van der Waals surface area contributed by atoms with Crippen LogP contribution < -0.4 is 0 Å². The van der Waals surface area contributed by atoms with Crippen molar-refractivity contribution >= 4 is 27.0 Å². The number of benzene rings is 1. The molecule has 3 nitrogen and oxygen atoms in total. The third kappa shape index (κ3) is 0.939. The van der Waals surface area contributed by atoms with Crippen LogP contribution in [0.2, 0.25) is 0 Å². The van der Waals surface area contributed by atoms with Crippen molar-refractivity contribution in [1.82, 2.24) is 15.0 Å². The molecule has 0 unspecified atom stereocenters. The van der Waals surface area contributed by atoms with Gasteiger partial charge in [0.15, 0.2) is 0 Å². The molecule has 0 atom stereocenters. The molecule has 0 aliphatic carbocycles. The predicted octanol–water partition coefficient (Wildman–Crippen LogP) is 1.73. The maximum Gasteiger partial charge on any atom is 0.127 e. The Morgan fingerprint density at radius 3 is 3.00 bits per heavy atom. The monoisotopic (exact) mass is 211 g/mol. The van der Waals surface area contributed by atoms with Gasteiger partial charge < -0.3 is 0 Å². The molecular formula is C7H6BrN3. The van der Waals surface area contributed by atoms with Crippen LogP contribution in [0, 0.1) is 0 Å². The minimum atomic E-state index is 0.912. The summed E-state index contributed by atoms with van der Waals surface area (Å²) in [7, 11) is 1.88. The van der Waals surface area contributed by atoms with Crippen molar-refractivity contribution in [3.63, 3.8) is 0 Å². The van der Waals surface area contributed by atoms with Crippen LogP contribution in [0.5, 0.6) is 0 Å². The molecule has 1 aromatic carbocycles. The molecule has 2 rings (SSSR count).